The number of hydrogen-bond acceptors (Lipinski definition) is 4. The number of urea groups is 1. The second-order valence-electron chi connectivity index (χ2n) is 7.25. The largest absolute Gasteiger partial charge is 0.378 e. The monoisotopic (exact) mass is 390 g/mol. The van der Waals surface area contributed by atoms with Crippen molar-refractivity contribution in [2.75, 3.05) is 51.3 Å². The predicted molar refractivity (Wildman–Crippen MR) is 98.4 cm³/mol. The third kappa shape index (κ3) is 3.66. The molecule has 0 aromatic heterocycles. The number of ether oxygens (including phenoxy) is 1. The Hall–Kier alpha value is -2.68. The Bertz CT molecular complexity index is 796. The summed E-state index contributed by atoms with van der Waals surface area (Å²) in [6, 6.07) is 3.84. The maximum absolute atomic E-state index is 14.5. The number of nitrogens with one attached hydrogen (secondary N) is 1. The molecule has 3 fully saturated rings. The number of morpholine rings is 1. The van der Waals surface area contributed by atoms with Crippen LogP contribution in [0.1, 0.15) is 23.2 Å². The highest BCUT2D eigenvalue weighted by atomic mass is 19.1. The van der Waals surface area contributed by atoms with Crippen molar-refractivity contribution in [3.63, 3.8) is 0 Å². The van der Waals surface area contributed by atoms with E-state index in [9.17, 15) is 18.8 Å². The predicted octanol–water partition coefficient (Wildman–Crippen LogP) is 1.14. The first-order valence-electron chi connectivity index (χ1n) is 9.55. The van der Waals surface area contributed by atoms with Gasteiger partial charge in [0.1, 0.15) is 5.82 Å². The summed E-state index contributed by atoms with van der Waals surface area (Å²) < 4.78 is 19.7. The number of rotatable bonds is 2. The molecule has 9 heteroatoms. The summed E-state index contributed by atoms with van der Waals surface area (Å²) in [6.07, 6.45) is 1.29. The molecule has 28 heavy (non-hydrogen) atoms. The van der Waals surface area contributed by atoms with Crippen LogP contribution in [0.4, 0.5) is 14.9 Å². The highest BCUT2D eigenvalue weighted by Gasteiger charge is 2.36. The van der Waals surface area contributed by atoms with Gasteiger partial charge in [0.25, 0.3) is 5.91 Å². The number of nitrogens with zero attached hydrogens (tertiary/aromatic N) is 3. The van der Waals surface area contributed by atoms with E-state index in [1.54, 1.807) is 9.80 Å². The van der Waals surface area contributed by atoms with Crippen LogP contribution in [0.15, 0.2) is 18.2 Å². The minimum absolute atomic E-state index is 0.0158. The van der Waals surface area contributed by atoms with Crippen LogP contribution in [0.25, 0.3) is 0 Å². The summed E-state index contributed by atoms with van der Waals surface area (Å²) in [5.74, 6) is -0.895. The third-order valence-electron chi connectivity index (χ3n) is 5.53. The van der Waals surface area contributed by atoms with Crippen LogP contribution in [0.3, 0.4) is 0 Å². The molecule has 4 amide bonds. The van der Waals surface area contributed by atoms with Crippen molar-refractivity contribution in [3.8, 4) is 0 Å². The van der Waals surface area contributed by atoms with Gasteiger partial charge in [-0.1, -0.05) is 0 Å². The molecule has 3 saturated heterocycles. The lowest BCUT2D eigenvalue weighted by molar-refractivity contribution is -0.130. The van der Waals surface area contributed by atoms with E-state index in [0.717, 1.165) is 6.42 Å². The number of amides is 4. The summed E-state index contributed by atoms with van der Waals surface area (Å²) in [5.41, 5.74) is 0.281. The lowest BCUT2D eigenvalue weighted by Crippen LogP contribution is -2.54. The Labute approximate surface area is 162 Å². The SMILES string of the molecule is O=C(Nc1ccc(C(=O)N2CCOCC2)c(F)c1)N1CCN2C(=O)CCC2C1. The minimum atomic E-state index is -0.666. The van der Waals surface area contributed by atoms with Crippen LogP contribution in [-0.4, -0.2) is 84.5 Å². The number of carbonyl (C=O) groups excluding carboxylic acids is 3. The number of anilines is 1. The van der Waals surface area contributed by atoms with Gasteiger partial charge in [-0.25, -0.2) is 9.18 Å². The van der Waals surface area contributed by atoms with E-state index in [1.807, 2.05) is 4.90 Å². The van der Waals surface area contributed by atoms with Gasteiger partial charge < -0.3 is 24.8 Å². The van der Waals surface area contributed by atoms with Crippen molar-refractivity contribution in [2.24, 2.45) is 0 Å². The Morgan fingerprint density at radius 2 is 1.89 bits per heavy atom. The van der Waals surface area contributed by atoms with Crippen molar-refractivity contribution < 1.29 is 23.5 Å². The second kappa shape index (κ2) is 7.75. The summed E-state index contributed by atoms with van der Waals surface area (Å²) in [4.78, 5) is 41.7. The number of halogens is 1. The number of piperazine rings is 1. The third-order valence-corrected chi connectivity index (χ3v) is 5.53. The molecule has 3 heterocycles. The summed E-state index contributed by atoms with van der Waals surface area (Å²) in [7, 11) is 0. The number of fused-ring (bicyclic) bond motifs is 1. The lowest BCUT2D eigenvalue weighted by atomic mass is 10.1. The molecule has 1 N–H and O–H groups in total. The summed E-state index contributed by atoms with van der Waals surface area (Å²) >= 11 is 0. The van der Waals surface area contributed by atoms with Crippen LogP contribution in [0, 0.1) is 5.82 Å². The molecule has 3 aliphatic rings. The van der Waals surface area contributed by atoms with Gasteiger partial charge in [0, 0.05) is 50.9 Å². The zero-order valence-electron chi connectivity index (χ0n) is 15.5. The van der Waals surface area contributed by atoms with Crippen LogP contribution in [-0.2, 0) is 9.53 Å². The molecule has 8 nitrogen and oxygen atoms in total. The van der Waals surface area contributed by atoms with Crippen LogP contribution < -0.4 is 5.32 Å². The van der Waals surface area contributed by atoms with Gasteiger partial charge in [-0.2, -0.15) is 0 Å². The fourth-order valence-electron chi connectivity index (χ4n) is 3.95. The maximum atomic E-state index is 14.5. The van der Waals surface area contributed by atoms with Crippen molar-refractivity contribution in [1.82, 2.24) is 14.7 Å². The second-order valence-corrected chi connectivity index (χ2v) is 7.25. The maximum Gasteiger partial charge on any atom is 0.321 e. The molecule has 0 radical (unpaired) electrons. The first-order chi connectivity index (χ1) is 13.5. The molecule has 4 rings (SSSR count). The first kappa shape index (κ1) is 18.7. The van der Waals surface area contributed by atoms with Crippen molar-refractivity contribution in [2.45, 2.75) is 18.9 Å². The van der Waals surface area contributed by atoms with Gasteiger partial charge in [0.15, 0.2) is 0 Å². The Morgan fingerprint density at radius 3 is 2.64 bits per heavy atom. The smallest absolute Gasteiger partial charge is 0.321 e. The van der Waals surface area contributed by atoms with Gasteiger partial charge in [-0.3, -0.25) is 9.59 Å². The number of carbonyl (C=O) groups is 3. The van der Waals surface area contributed by atoms with Gasteiger partial charge in [0.05, 0.1) is 18.8 Å². The van der Waals surface area contributed by atoms with Crippen LogP contribution in [0.5, 0.6) is 0 Å². The molecule has 0 bridgehead atoms. The molecule has 1 aromatic carbocycles. The van der Waals surface area contributed by atoms with Crippen molar-refractivity contribution in [1.29, 1.82) is 0 Å². The topological polar surface area (TPSA) is 82.2 Å². The standard InChI is InChI=1S/C19H23FN4O4/c20-16-11-13(1-3-15(16)18(26)22-7-9-28-10-8-22)21-19(27)23-5-6-24-14(12-23)2-4-17(24)25/h1,3,11,14H,2,4-10,12H2,(H,21,27). The zero-order chi connectivity index (χ0) is 19.7. The highest BCUT2D eigenvalue weighted by molar-refractivity contribution is 5.96. The fourth-order valence-corrected chi connectivity index (χ4v) is 3.95. The van der Waals surface area contributed by atoms with Gasteiger partial charge >= 0.3 is 6.03 Å². The van der Waals surface area contributed by atoms with E-state index in [4.69, 9.17) is 4.74 Å². The Balaban J connectivity index is 1.38. The molecule has 3 aliphatic heterocycles. The average Bonchev–Trinajstić information content (AvgIpc) is 3.08. The number of benzene rings is 1. The highest BCUT2D eigenvalue weighted by Crippen LogP contribution is 2.24. The molecule has 0 aliphatic carbocycles. The molecule has 1 unspecified atom stereocenters. The lowest BCUT2D eigenvalue weighted by Gasteiger charge is -2.37. The van der Waals surface area contributed by atoms with E-state index in [2.05, 4.69) is 5.32 Å². The fraction of sp³-hybridized carbons (Fsp3) is 0.526. The molecule has 150 valence electrons. The van der Waals surface area contributed by atoms with E-state index in [1.165, 1.54) is 18.2 Å². The average molecular weight is 390 g/mol. The molecule has 1 aromatic rings. The normalized spacial score (nSPS) is 22.2. The van der Waals surface area contributed by atoms with Gasteiger partial charge in [-0.15, -0.1) is 0 Å². The van der Waals surface area contributed by atoms with Gasteiger partial charge in [0.2, 0.25) is 5.91 Å². The molecule has 0 spiro atoms. The van der Waals surface area contributed by atoms with E-state index in [0.29, 0.717) is 58.0 Å². The van der Waals surface area contributed by atoms with Crippen LogP contribution >= 0.6 is 0 Å². The van der Waals surface area contributed by atoms with Crippen molar-refractivity contribution in [3.05, 3.63) is 29.6 Å². The molecule has 0 saturated carbocycles. The molecular weight excluding hydrogens is 367 g/mol. The quantitative estimate of drug-likeness (QED) is 0.821. The summed E-state index contributed by atoms with van der Waals surface area (Å²) in [5, 5.41) is 2.69. The Kier molecular flexibility index (Phi) is 5.17. The van der Waals surface area contributed by atoms with Crippen LogP contribution in [0.2, 0.25) is 0 Å². The van der Waals surface area contributed by atoms with E-state index < -0.39 is 5.82 Å². The first-order valence-corrected chi connectivity index (χ1v) is 9.55. The minimum Gasteiger partial charge on any atom is -0.378 e. The Morgan fingerprint density at radius 1 is 1.11 bits per heavy atom. The zero-order valence-corrected chi connectivity index (χ0v) is 15.5. The van der Waals surface area contributed by atoms with E-state index in [-0.39, 0.29) is 29.5 Å². The van der Waals surface area contributed by atoms with Crippen molar-refractivity contribution >= 4 is 23.5 Å². The summed E-state index contributed by atoms with van der Waals surface area (Å²) in [6.45, 7) is 3.22. The van der Waals surface area contributed by atoms with Gasteiger partial charge in [-0.05, 0) is 24.6 Å². The molecular formula is C19H23FN4O4. The number of hydrogen-bond donors (Lipinski definition) is 1. The molecule has 1 atom stereocenters. The van der Waals surface area contributed by atoms with E-state index >= 15 is 0 Å².